The molecule has 5 aromatic heterocycles. The number of benzene rings is 1. The van der Waals surface area contributed by atoms with Crippen molar-refractivity contribution < 1.29 is 13.5 Å². The van der Waals surface area contributed by atoms with E-state index in [-0.39, 0.29) is 5.69 Å². The highest BCUT2D eigenvalue weighted by molar-refractivity contribution is 6.00. The third kappa shape index (κ3) is 3.92. The number of nitrogens with one attached hydrogen (secondary N) is 2. The van der Waals surface area contributed by atoms with Crippen molar-refractivity contribution in [3.8, 4) is 22.7 Å². The maximum atomic E-state index is 14.2. The monoisotopic (exact) mass is 501 g/mol. The maximum absolute atomic E-state index is 14.2. The Morgan fingerprint density at radius 3 is 2.62 bits per heavy atom. The molecule has 37 heavy (non-hydrogen) atoms. The third-order valence-electron chi connectivity index (χ3n) is 6.05. The summed E-state index contributed by atoms with van der Waals surface area (Å²) in [7, 11) is 3.34. The van der Waals surface area contributed by atoms with Crippen LogP contribution in [-0.2, 0) is 7.05 Å². The zero-order valence-corrected chi connectivity index (χ0v) is 20.1. The summed E-state index contributed by atoms with van der Waals surface area (Å²) in [6.45, 7) is 1.88. The molecule has 0 amide bonds. The van der Waals surface area contributed by atoms with Gasteiger partial charge in [-0.15, -0.1) is 0 Å². The molecular weight excluding hydrogens is 480 g/mol. The van der Waals surface area contributed by atoms with Crippen LogP contribution in [0, 0.1) is 11.6 Å². The lowest BCUT2D eigenvalue weighted by Gasteiger charge is -2.17. The summed E-state index contributed by atoms with van der Waals surface area (Å²) in [6, 6.07) is 6.26. The lowest BCUT2D eigenvalue weighted by Crippen LogP contribution is -2.14. The number of nitrogens with zero attached hydrogens (tertiary/aromatic N) is 7. The zero-order valence-electron chi connectivity index (χ0n) is 20.1. The number of aryl methyl sites for hydroxylation is 1. The van der Waals surface area contributed by atoms with Crippen molar-refractivity contribution in [3.63, 3.8) is 0 Å². The van der Waals surface area contributed by atoms with E-state index in [4.69, 9.17) is 9.72 Å². The number of halogens is 2. The van der Waals surface area contributed by atoms with Crippen LogP contribution < -0.4 is 10.1 Å². The second-order valence-corrected chi connectivity index (χ2v) is 8.55. The second-order valence-electron chi connectivity index (χ2n) is 8.55. The van der Waals surface area contributed by atoms with Gasteiger partial charge in [0, 0.05) is 42.7 Å². The van der Waals surface area contributed by atoms with Crippen LogP contribution in [0.2, 0.25) is 0 Å². The maximum Gasteiger partial charge on any atom is 0.215 e. The largest absolute Gasteiger partial charge is 0.481 e. The number of ether oxygens (including phenoxy) is 1. The van der Waals surface area contributed by atoms with Crippen LogP contribution in [0.25, 0.3) is 39.0 Å². The highest BCUT2D eigenvalue weighted by atomic mass is 19.1. The molecule has 186 valence electrons. The van der Waals surface area contributed by atoms with E-state index in [1.54, 1.807) is 27.6 Å². The fraction of sp³-hybridized carbons (Fsp3) is 0.160. The average molecular weight is 502 g/mol. The topological polar surface area (TPSA) is 111 Å². The first kappa shape index (κ1) is 22.6. The van der Waals surface area contributed by atoms with Crippen LogP contribution in [0.1, 0.15) is 18.8 Å². The summed E-state index contributed by atoms with van der Waals surface area (Å²) < 4.78 is 37.1. The number of H-pyrrole nitrogens is 1. The summed E-state index contributed by atoms with van der Waals surface area (Å²) in [5.74, 6) is -0.0312. The van der Waals surface area contributed by atoms with Gasteiger partial charge in [-0.05, 0) is 25.1 Å². The van der Waals surface area contributed by atoms with Gasteiger partial charge < -0.3 is 15.0 Å². The van der Waals surface area contributed by atoms with Crippen molar-refractivity contribution in [2.75, 3.05) is 12.4 Å². The Balaban J connectivity index is 1.49. The van der Waals surface area contributed by atoms with Gasteiger partial charge in [0.15, 0.2) is 5.65 Å². The van der Waals surface area contributed by atoms with Crippen LogP contribution in [-0.4, -0.2) is 46.4 Å². The molecule has 0 aliphatic rings. The minimum atomic E-state index is -0.711. The number of hydrogen-bond acceptors (Lipinski definition) is 7. The summed E-state index contributed by atoms with van der Waals surface area (Å²) in [5.41, 5.74) is 3.62. The second kappa shape index (κ2) is 8.66. The molecule has 0 aliphatic heterocycles. The van der Waals surface area contributed by atoms with Crippen molar-refractivity contribution in [3.05, 3.63) is 72.7 Å². The molecule has 0 bridgehead atoms. The molecule has 0 unspecified atom stereocenters. The van der Waals surface area contributed by atoms with Gasteiger partial charge in [0.05, 0.1) is 30.4 Å². The van der Waals surface area contributed by atoms with E-state index in [2.05, 4.69) is 30.4 Å². The first-order valence-corrected chi connectivity index (χ1v) is 11.4. The Bertz CT molecular complexity index is 1750. The lowest BCUT2D eigenvalue weighted by molar-refractivity contribution is 0.399. The Labute approximate surface area is 209 Å². The molecule has 0 saturated heterocycles. The number of imidazole rings is 1. The fourth-order valence-electron chi connectivity index (χ4n) is 4.41. The van der Waals surface area contributed by atoms with E-state index in [9.17, 15) is 8.78 Å². The van der Waals surface area contributed by atoms with Gasteiger partial charge in [0.2, 0.25) is 5.88 Å². The molecule has 12 heteroatoms. The zero-order chi connectivity index (χ0) is 25.7. The third-order valence-corrected chi connectivity index (χ3v) is 6.05. The molecule has 0 fully saturated rings. The lowest BCUT2D eigenvalue weighted by atomic mass is 10.1. The number of rotatable bonds is 6. The molecular formula is C25H21F2N9O. The minimum Gasteiger partial charge on any atom is -0.481 e. The molecule has 1 aromatic carbocycles. The van der Waals surface area contributed by atoms with Gasteiger partial charge in [-0.2, -0.15) is 10.1 Å². The molecule has 0 spiro atoms. The Morgan fingerprint density at radius 1 is 1.08 bits per heavy atom. The molecule has 6 aromatic rings. The molecule has 2 N–H and O–H groups in total. The van der Waals surface area contributed by atoms with Crippen molar-refractivity contribution in [1.29, 1.82) is 0 Å². The molecule has 1 atom stereocenters. The smallest absolute Gasteiger partial charge is 0.215 e. The van der Waals surface area contributed by atoms with Crippen LogP contribution in [0.3, 0.4) is 0 Å². The normalized spacial score (nSPS) is 12.4. The number of anilines is 1. The molecule has 10 nitrogen and oxygen atoms in total. The van der Waals surface area contributed by atoms with Gasteiger partial charge >= 0.3 is 0 Å². The molecule has 6 rings (SSSR count). The van der Waals surface area contributed by atoms with E-state index >= 15 is 0 Å². The first-order chi connectivity index (χ1) is 17.9. The van der Waals surface area contributed by atoms with Gasteiger partial charge in [-0.1, -0.05) is 0 Å². The van der Waals surface area contributed by atoms with E-state index in [0.29, 0.717) is 34.3 Å². The number of fused-ring (bicyclic) bond motifs is 2. The number of aromatic amines is 1. The van der Waals surface area contributed by atoms with Crippen molar-refractivity contribution in [2.24, 2.45) is 7.05 Å². The summed E-state index contributed by atoms with van der Waals surface area (Å²) in [5, 5.41) is 8.45. The summed E-state index contributed by atoms with van der Waals surface area (Å²) in [4.78, 5) is 21.3. The number of pyridine rings is 1. The van der Waals surface area contributed by atoms with E-state index in [0.717, 1.165) is 22.6 Å². The Kier molecular flexibility index (Phi) is 5.29. The summed E-state index contributed by atoms with van der Waals surface area (Å²) >= 11 is 0. The van der Waals surface area contributed by atoms with E-state index in [1.165, 1.54) is 25.6 Å². The van der Waals surface area contributed by atoms with Crippen molar-refractivity contribution >= 4 is 28.0 Å². The Morgan fingerprint density at radius 2 is 1.89 bits per heavy atom. The van der Waals surface area contributed by atoms with Crippen molar-refractivity contribution in [1.82, 2.24) is 39.3 Å². The standard InChI is InChI=1S/C25H21F2N9O/c1-13(32-23-21-18(14-9-31-35(2)11-14)10-28-22(21)29-12-30-23)24-33-19-4-5-20(37-3)34-25(19)36(24)17-7-15(26)6-16(27)8-17/h4-13H,1-3H3,(H2,28,29,30,32)/t13-/m0/s1. The number of methoxy groups -OCH3 is 1. The highest BCUT2D eigenvalue weighted by Crippen LogP contribution is 2.34. The van der Waals surface area contributed by atoms with Gasteiger partial charge in [-0.3, -0.25) is 9.25 Å². The quantitative estimate of drug-likeness (QED) is 0.344. The Hall–Kier alpha value is -4.87. The molecule has 0 saturated carbocycles. The highest BCUT2D eigenvalue weighted by Gasteiger charge is 2.23. The van der Waals surface area contributed by atoms with E-state index < -0.39 is 17.7 Å². The van der Waals surface area contributed by atoms with Gasteiger partial charge in [-0.25, -0.2) is 23.7 Å². The van der Waals surface area contributed by atoms with Gasteiger partial charge in [0.25, 0.3) is 0 Å². The van der Waals surface area contributed by atoms with Crippen LogP contribution in [0.15, 0.2) is 55.2 Å². The molecule has 0 aliphatic carbocycles. The van der Waals surface area contributed by atoms with E-state index in [1.807, 2.05) is 26.4 Å². The van der Waals surface area contributed by atoms with Gasteiger partial charge in [0.1, 0.15) is 40.8 Å². The fourth-order valence-corrected chi connectivity index (χ4v) is 4.41. The van der Waals surface area contributed by atoms with Crippen molar-refractivity contribution in [2.45, 2.75) is 13.0 Å². The molecule has 5 heterocycles. The number of hydrogen-bond donors (Lipinski definition) is 2. The van der Waals surface area contributed by atoms with Crippen LogP contribution >= 0.6 is 0 Å². The predicted octanol–water partition coefficient (Wildman–Crippen LogP) is 4.55. The average Bonchev–Trinajstić information content (AvgIpc) is 3.59. The van der Waals surface area contributed by atoms with Crippen LogP contribution in [0.5, 0.6) is 5.88 Å². The SMILES string of the molecule is COc1ccc2nc([C@H](C)Nc3ncnc4[nH]cc(-c5cnn(C)c5)c34)n(-c3cc(F)cc(F)c3)c2n1. The minimum absolute atomic E-state index is 0.245. The predicted molar refractivity (Wildman–Crippen MR) is 133 cm³/mol. The van der Waals surface area contributed by atoms with Crippen LogP contribution in [0.4, 0.5) is 14.6 Å². The number of aromatic nitrogens is 8. The molecule has 0 radical (unpaired) electrons. The summed E-state index contributed by atoms with van der Waals surface area (Å²) in [6.07, 6.45) is 6.98. The first-order valence-electron chi connectivity index (χ1n) is 11.4.